The second-order valence-corrected chi connectivity index (χ2v) is 12.0. The standard InChI is InChI=1S/C27H29N3O4S2/c1-17(2)30-24-13-9-21(15-25(24)35-27(30)32)28-26(31)16-29(23-12-8-19(4)14-20(23)5)36(33,34)22-10-6-18(3)7-11-22/h6-15,17H,16H2,1-5H3,(H,28,31). The van der Waals surface area contributed by atoms with Gasteiger partial charge in [-0.3, -0.25) is 18.5 Å². The fourth-order valence-corrected chi connectivity index (χ4v) is 6.69. The molecule has 1 amide bonds. The molecule has 4 rings (SSSR count). The Hall–Kier alpha value is -3.43. The number of aryl methyl sites for hydroxylation is 3. The van der Waals surface area contributed by atoms with E-state index in [-0.39, 0.29) is 15.8 Å². The van der Waals surface area contributed by atoms with Crippen molar-refractivity contribution >= 4 is 48.9 Å². The van der Waals surface area contributed by atoms with Crippen molar-refractivity contribution in [3.05, 3.63) is 87.0 Å². The average Bonchev–Trinajstić information content (AvgIpc) is 3.13. The molecule has 0 atom stereocenters. The number of thiazole rings is 1. The lowest BCUT2D eigenvalue weighted by Crippen LogP contribution is -2.38. The van der Waals surface area contributed by atoms with Gasteiger partial charge >= 0.3 is 4.87 Å². The van der Waals surface area contributed by atoms with E-state index in [4.69, 9.17) is 0 Å². The number of nitrogens with zero attached hydrogens (tertiary/aromatic N) is 2. The maximum atomic E-state index is 13.7. The van der Waals surface area contributed by atoms with Gasteiger partial charge in [0.15, 0.2) is 0 Å². The van der Waals surface area contributed by atoms with Crippen molar-refractivity contribution in [2.75, 3.05) is 16.2 Å². The van der Waals surface area contributed by atoms with Gasteiger partial charge in [0.1, 0.15) is 6.54 Å². The summed E-state index contributed by atoms with van der Waals surface area (Å²) in [6.07, 6.45) is 0. The third kappa shape index (κ3) is 5.08. The van der Waals surface area contributed by atoms with E-state index in [9.17, 15) is 18.0 Å². The quantitative estimate of drug-likeness (QED) is 0.351. The van der Waals surface area contributed by atoms with Gasteiger partial charge in [-0.2, -0.15) is 0 Å². The molecule has 1 aromatic heterocycles. The second kappa shape index (κ2) is 9.91. The second-order valence-electron chi connectivity index (χ2n) is 9.18. The van der Waals surface area contributed by atoms with Gasteiger partial charge in [0.25, 0.3) is 10.0 Å². The van der Waals surface area contributed by atoms with Crippen LogP contribution in [0.2, 0.25) is 0 Å². The summed E-state index contributed by atoms with van der Waals surface area (Å²) in [7, 11) is -4.01. The van der Waals surface area contributed by atoms with E-state index in [0.29, 0.717) is 11.4 Å². The predicted octanol–water partition coefficient (Wildman–Crippen LogP) is 5.40. The van der Waals surface area contributed by atoms with Crippen LogP contribution < -0.4 is 14.5 Å². The molecule has 9 heteroatoms. The highest BCUT2D eigenvalue weighted by Crippen LogP contribution is 2.28. The third-order valence-electron chi connectivity index (χ3n) is 5.93. The van der Waals surface area contributed by atoms with Crippen molar-refractivity contribution in [1.29, 1.82) is 0 Å². The molecule has 0 bridgehead atoms. The largest absolute Gasteiger partial charge is 0.324 e. The van der Waals surface area contributed by atoms with Gasteiger partial charge in [-0.1, -0.05) is 46.7 Å². The highest BCUT2D eigenvalue weighted by molar-refractivity contribution is 7.92. The molecule has 0 aliphatic heterocycles. The number of aromatic nitrogens is 1. The van der Waals surface area contributed by atoms with Crippen LogP contribution >= 0.6 is 11.3 Å². The molecule has 1 heterocycles. The molecule has 0 saturated carbocycles. The summed E-state index contributed by atoms with van der Waals surface area (Å²) in [5.41, 5.74) is 4.43. The minimum absolute atomic E-state index is 0.0185. The number of nitrogens with one attached hydrogen (secondary N) is 1. The molecule has 0 saturated heterocycles. The number of fused-ring (bicyclic) bond motifs is 1. The SMILES string of the molecule is Cc1ccc(S(=O)(=O)N(CC(=O)Nc2ccc3c(c2)sc(=O)n3C(C)C)c2ccc(C)cc2C)cc1. The summed E-state index contributed by atoms with van der Waals surface area (Å²) in [5, 5.41) is 2.81. The van der Waals surface area contributed by atoms with Crippen LogP contribution in [-0.4, -0.2) is 25.4 Å². The molecule has 4 aromatic rings. The first kappa shape index (κ1) is 25.7. The van der Waals surface area contributed by atoms with Crippen molar-refractivity contribution in [2.24, 2.45) is 0 Å². The Balaban J connectivity index is 1.67. The van der Waals surface area contributed by atoms with E-state index >= 15 is 0 Å². The first-order valence-electron chi connectivity index (χ1n) is 11.6. The minimum atomic E-state index is -4.01. The molecule has 0 spiro atoms. The summed E-state index contributed by atoms with van der Waals surface area (Å²) < 4.78 is 30.9. The van der Waals surface area contributed by atoms with E-state index in [0.717, 1.165) is 42.5 Å². The molecule has 7 nitrogen and oxygen atoms in total. The summed E-state index contributed by atoms with van der Waals surface area (Å²) in [6.45, 7) is 9.13. The molecular formula is C27H29N3O4S2. The molecule has 188 valence electrons. The Kier molecular flexibility index (Phi) is 7.06. The topological polar surface area (TPSA) is 88.5 Å². The number of carbonyl (C=O) groups is 1. The Labute approximate surface area is 215 Å². The van der Waals surface area contributed by atoms with Crippen LogP contribution in [0.25, 0.3) is 10.2 Å². The number of anilines is 2. The van der Waals surface area contributed by atoms with Crippen LogP contribution in [0.4, 0.5) is 11.4 Å². The smallest absolute Gasteiger partial charge is 0.308 e. The van der Waals surface area contributed by atoms with Gasteiger partial charge in [-0.25, -0.2) is 8.42 Å². The summed E-state index contributed by atoms with van der Waals surface area (Å²) in [4.78, 5) is 25.6. The molecule has 0 fully saturated rings. The molecule has 0 aliphatic carbocycles. The lowest BCUT2D eigenvalue weighted by molar-refractivity contribution is -0.114. The van der Waals surface area contributed by atoms with Crippen LogP contribution in [0.3, 0.4) is 0 Å². The van der Waals surface area contributed by atoms with Crippen molar-refractivity contribution in [2.45, 2.75) is 45.6 Å². The molecule has 3 aromatic carbocycles. The van der Waals surface area contributed by atoms with Gasteiger partial charge in [0.2, 0.25) is 5.91 Å². The number of carbonyl (C=O) groups excluding carboxylic acids is 1. The number of sulfonamides is 1. The van der Waals surface area contributed by atoms with Crippen LogP contribution in [0.5, 0.6) is 0 Å². The maximum absolute atomic E-state index is 13.7. The number of rotatable bonds is 7. The van der Waals surface area contributed by atoms with Gasteiger partial charge in [-0.05, 0) is 76.6 Å². The highest BCUT2D eigenvalue weighted by atomic mass is 32.2. The van der Waals surface area contributed by atoms with E-state index in [1.54, 1.807) is 53.1 Å². The van der Waals surface area contributed by atoms with Crippen molar-refractivity contribution in [3.8, 4) is 0 Å². The number of benzene rings is 3. The number of hydrogen-bond donors (Lipinski definition) is 1. The summed E-state index contributed by atoms with van der Waals surface area (Å²) >= 11 is 1.11. The minimum Gasteiger partial charge on any atom is -0.324 e. The average molecular weight is 524 g/mol. The lowest BCUT2D eigenvalue weighted by atomic mass is 10.1. The van der Waals surface area contributed by atoms with Crippen molar-refractivity contribution in [1.82, 2.24) is 4.57 Å². The molecule has 0 unspecified atom stereocenters. The molecule has 0 radical (unpaired) electrons. The van der Waals surface area contributed by atoms with E-state index < -0.39 is 22.5 Å². The molecule has 0 aliphatic rings. The van der Waals surface area contributed by atoms with Crippen LogP contribution in [0, 0.1) is 20.8 Å². The van der Waals surface area contributed by atoms with Crippen LogP contribution in [-0.2, 0) is 14.8 Å². The number of amides is 1. The fraction of sp³-hybridized carbons (Fsp3) is 0.259. The van der Waals surface area contributed by atoms with Gasteiger partial charge < -0.3 is 5.32 Å². The molecule has 1 N–H and O–H groups in total. The predicted molar refractivity (Wildman–Crippen MR) is 147 cm³/mol. The Morgan fingerprint density at radius 3 is 2.28 bits per heavy atom. The normalized spacial score (nSPS) is 11.7. The molecular weight excluding hydrogens is 494 g/mol. The number of hydrogen-bond acceptors (Lipinski definition) is 5. The third-order valence-corrected chi connectivity index (χ3v) is 8.62. The van der Waals surface area contributed by atoms with Gasteiger partial charge in [0.05, 0.1) is 20.8 Å². The molecule has 36 heavy (non-hydrogen) atoms. The Bertz CT molecular complexity index is 1600. The summed E-state index contributed by atoms with van der Waals surface area (Å²) in [6, 6.07) is 17.3. The monoisotopic (exact) mass is 523 g/mol. The first-order valence-corrected chi connectivity index (χ1v) is 13.8. The zero-order valence-electron chi connectivity index (χ0n) is 20.9. The summed E-state index contributed by atoms with van der Waals surface area (Å²) in [5.74, 6) is -0.486. The zero-order valence-corrected chi connectivity index (χ0v) is 22.5. The van der Waals surface area contributed by atoms with E-state index in [1.807, 2.05) is 46.8 Å². The lowest BCUT2D eigenvalue weighted by Gasteiger charge is -2.26. The first-order chi connectivity index (χ1) is 17.0. The zero-order chi connectivity index (χ0) is 26.2. The van der Waals surface area contributed by atoms with E-state index in [1.165, 1.54) is 0 Å². The fourth-order valence-electron chi connectivity index (χ4n) is 4.16. The highest BCUT2D eigenvalue weighted by Gasteiger charge is 2.28. The van der Waals surface area contributed by atoms with Gasteiger partial charge in [0, 0.05) is 11.7 Å². The van der Waals surface area contributed by atoms with E-state index in [2.05, 4.69) is 5.32 Å². The Morgan fingerprint density at radius 1 is 0.972 bits per heavy atom. The van der Waals surface area contributed by atoms with Crippen molar-refractivity contribution in [3.63, 3.8) is 0 Å². The maximum Gasteiger partial charge on any atom is 0.308 e. The van der Waals surface area contributed by atoms with Crippen molar-refractivity contribution < 1.29 is 13.2 Å². The Morgan fingerprint density at radius 2 is 1.64 bits per heavy atom. The van der Waals surface area contributed by atoms with Crippen LogP contribution in [0.15, 0.2) is 70.4 Å². The van der Waals surface area contributed by atoms with Crippen LogP contribution in [0.1, 0.15) is 36.6 Å². The van der Waals surface area contributed by atoms with Gasteiger partial charge in [-0.15, -0.1) is 0 Å².